The third kappa shape index (κ3) is 1.30. The van der Waals surface area contributed by atoms with Gasteiger partial charge in [-0.3, -0.25) is 0 Å². The lowest BCUT2D eigenvalue weighted by Gasteiger charge is -2.12. The van der Waals surface area contributed by atoms with Gasteiger partial charge in [-0.05, 0) is 12.1 Å². The normalized spacial score (nSPS) is 19.0. The van der Waals surface area contributed by atoms with E-state index in [1.165, 1.54) is 7.11 Å². The number of methoxy groups -OCH3 is 1. The maximum Gasteiger partial charge on any atom is 0.332 e. The zero-order chi connectivity index (χ0) is 9.26. The highest BCUT2D eigenvalue weighted by molar-refractivity contribution is 5.84. The first-order chi connectivity index (χ1) is 6.31. The molecule has 1 atom stereocenters. The number of hydrogen-bond acceptors (Lipinski definition) is 3. The van der Waals surface area contributed by atoms with Gasteiger partial charge in [-0.1, -0.05) is 0 Å². The Morgan fingerprint density at radius 1 is 1.62 bits per heavy atom. The molecule has 2 N–H and O–H groups in total. The van der Waals surface area contributed by atoms with E-state index in [4.69, 9.17) is 0 Å². The van der Waals surface area contributed by atoms with Gasteiger partial charge in [0.2, 0.25) is 0 Å². The number of aromatic nitrogens is 1. The summed E-state index contributed by atoms with van der Waals surface area (Å²) in [5, 5.41) is 4.95. The Balaban J connectivity index is 2.39. The van der Waals surface area contributed by atoms with Crippen molar-refractivity contribution in [3.63, 3.8) is 0 Å². The summed E-state index contributed by atoms with van der Waals surface area (Å²) in [6, 6.07) is 1.56. The topological polar surface area (TPSA) is 54.1 Å². The third-order valence-corrected chi connectivity index (χ3v) is 2.02. The summed E-state index contributed by atoms with van der Waals surface area (Å²) in [5.41, 5.74) is 0. The Hall–Kier alpha value is -1.71. The number of fused-ring (bicyclic) bond motifs is 1. The van der Waals surface area contributed by atoms with E-state index in [2.05, 4.69) is 15.0 Å². The lowest BCUT2D eigenvalue weighted by molar-refractivity contribution is -0.141. The Kier molecular flexibility index (Phi) is 1.81. The van der Waals surface area contributed by atoms with Gasteiger partial charge in [0.15, 0.2) is 0 Å². The molecular formula is C9H10N2O2. The fourth-order valence-electron chi connectivity index (χ4n) is 1.32. The highest BCUT2D eigenvalue weighted by Crippen LogP contribution is 1.91. The minimum Gasteiger partial charge on any atom is -0.467 e. The van der Waals surface area contributed by atoms with Crippen molar-refractivity contribution >= 4 is 18.2 Å². The summed E-state index contributed by atoms with van der Waals surface area (Å²) >= 11 is 0. The number of esters is 1. The molecule has 68 valence electrons. The second-order valence-electron chi connectivity index (χ2n) is 2.83. The van der Waals surface area contributed by atoms with Gasteiger partial charge in [-0.25, -0.2) is 4.79 Å². The van der Waals surface area contributed by atoms with Gasteiger partial charge in [0.05, 0.1) is 7.11 Å². The van der Waals surface area contributed by atoms with Crippen molar-refractivity contribution in [2.24, 2.45) is 0 Å². The van der Waals surface area contributed by atoms with Crippen LogP contribution in [0.4, 0.5) is 0 Å². The molecule has 2 heterocycles. The predicted octanol–water partition coefficient (Wildman–Crippen LogP) is -1.32. The van der Waals surface area contributed by atoms with Crippen molar-refractivity contribution in [3.8, 4) is 0 Å². The van der Waals surface area contributed by atoms with Crippen LogP contribution in [0, 0.1) is 0 Å². The number of aromatic amines is 1. The minimum absolute atomic E-state index is 0.281. The van der Waals surface area contributed by atoms with Crippen LogP contribution >= 0.6 is 0 Å². The Morgan fingerprint density at radius 3 is 3.23 bits per heavy atom. The lowest BCUT2D eigenvalue weighted by Crippen LogP contribution is -2.42. The summed E-state index contributed by atoms with van der Waals surface area (Å²) in [7, 11) is 1.38. The number of ether oxygens (including phenoxy) is 1. The summed E-state index contributed by atoms with van der Waals surface area (Å²) in [6.45, 7) is 0. The van der Waals surface area contributed by atoms with Crippen LogP contribution in [0.5, 0.6) is 0 Å². The van der Waals surface area contributed by atoms with E-state index < -0.39 is 0 Å². The van der Waals surface area contributed by atoms with E-state index in [0.717, 1.165) is 10.6 Å². The molecule has 1 aliphatic heterocycles. The van der Waals surface area contributed by atoms with Gasteiger partial charge in [-0.15, -0.1) is 0 Å². The van der Waals surface area contributed by atoms with Crippen LogP contribution in [0.1, 0.15) is 0 Å². The molecule has 1 unspecified atom stereocenters. The van der Waals surface area contributed by atoms with Gasteiger partial charge >= 0.3 is 5.97 Å². The van der Waals surface area contributed by atoms with Crippen LogP contribution in [-0.4, -0.2) is 24.1 Å². The maximum absolute atomic E-state index is 11.1. The smallest absolute Gasteiger partial charge is 0.332 e. The summed E-state index contributed by atoms with van der Waals surface area (Å²) < 4.78 is 4.61. The van der Waals surface area contributed by atoms with Crippen LogP contribution < -0.4 is 15.9 Å². The second-order valence-corrected chi connectivity index (χ2v) is 2.83. The summed E-state index contributed by atoms with van der Waals surface area (Å²) in [6.07, 6.45) is 5.44. The minimum atomic E-state index is -0.379. The molecule has 0 spiro atoms. The van der Waals surface area contributed by atoms with E-state index in [0.29, 0.717) is 0 Å². The van der Waals surface area contributed by atoms with Crippen LogP contribution in [0.15, 0.2) is 12.3 Å². The molecule has 4 heteroatoms. The molecule has 1 aromatic rings. The fourth-order valence-corrected chi connectivity index (χ4v) is 1.32. The van der Waals surface area contributed by atoms with Crippen molar-refractivity contribution in [1.82, 2.24) is 10.3 Å². The van der Waals surface area contributed by atoms with Crippen molar-refractivity contribution in [2.45, 2.75) is 6.04 Å². The zero-order valence-electron chi connectivity index (χ0n) is 7.20. The van der Waals surface area contributed by atoms with E-state index in [-0.39, 0.29) is 12.0 Å². The van der Waals surface area contributed by atoms with Gasteiger partial charge in [0.25, 0.3) is 0 Å². The highest BCUT2D eigenvalue weighted by atomic mass is 16.5. The van der Waals surface area contributed by atoms with Crippen molar-refractivity contribution in [2.75, 3.05) is 7.11 Å². The van der Waals surface area contributed by atoms with Gasteiger partial charge in [0, 0.05) is 23.0 Å². The average Bonchev–Trinajstić information content (AvgIpc) is 2.63. The molecule has 0 aromatic carbocycles. The van der Waals surface area contributed by atoms with E-state index in [1.54, 1.807) is 12.3 Å². The molecular weight excluding hydrogens is 168 g/mol. The van der Waals surface area contributed by atoms with Crippen molar-refractivity contribution in [3.05, 3.63) is 22.8 Å². The van der Waals surface area contributed by atoms with Crippen LogP contribution in [-0.2, 0) is 9.53 Å². The number of carbonyl (C=O) groups excluding carboxylic acids is 1. The third-order valence-electron chi connectivity index (χ3n) is 2.02. The van der Waals surface area contributed by atoms with Gasteiger partial charge < -0.3 is 15.0 Å². The van der Waals surface area contributed by atoms with Crippen LogP contribution in [0.3, 0.4) is 0 Å². The first-order valence-electron chi connectivity index (χ1n) is 4.00. The highest BCUT2D eigenvalue weighted by Gasteiger charge is 2.16. The summed E-state index contributed by atoms with van der Waals surface area (Å²) in [5.74, 6) is -0.281. The molecule has 0 saturated heterocycles. The van der Waals surface area contributed by atoms with Crippen LogP contribution in [0.2, 0.25) is 0 Å². The Labute approximate surface area is 74.9 Å². The molecule has 0 fully saturated rings. The quantitative estimate of drug-likeness (QED) is 0.524. The van der Waals surface area contributed by atoms with Crippen LogP contribution in [0.25, 0.3) is 12.3 Å². The fraction of sp³-hybridized carbons (Fsp3) is 0.222. The predicted molar refractivity (Wildman–Crippen MR) is 47.9 cm³/mol. The molecule has 0 saturated carbocycles. The zero-order valence-corrected chi connectivity index (χ0v) is 7.20. The molecule has 2 rings (SSSR count). The average molecular weight is 178 g/mol. The van der Waals surface area contributed by atoms with Crippen molar-refractivity contribution in [1.29, 1.82) is 0 Å². The van der Waals surface area contributed by atoms with E-state index >= 15 is 0 Å². The monoisotopic (exact) mass is 178 g/mol. The van der Waals surface area contributed by atoms with Crippen molar-refractivity contribution < 1.29 is 9.53 Å². The SMILES string of the molecule is COC(=O)C1C=c2[nH]ccc2=CN1. The molecule has 0 aliphatic carbocycles. The largest absolute Gasteiger partial charge is 0.467 e. The van der Waals surface area contributed by atoms with Gasteiger partial charge in [-0.2, -0.15) is 0 Å². The molecule has 13 heavy (non-hydrogen) atoms. The first kappa shape index (κ1) is 7.91. The molecule has 0 bridgehead atoms. The summed E-state index contributed by atoms with van der Waals surface area (Å²) in [4.78, 5) is 14.2. The van der Waals surface area contributed by atoms with E-state index in [1.807, 2.05) is 12.3 Å². The number of hydrogen-bond donors (Lipinski definition) is 2. The standard InChI is InChI=1S/C9H10N2O2/c1-13-9(12)8-4-7-6(5-11-8)2-3-10-7/h2-5,8,10-11H,1H3. The second kappa shape index (κ2) is 2.97. The molecule has 1 aromatic heterocycles. The van der Waals surface area contributed by atoms with Gasteiger partial charge in [0.1, 0.15) is 6.04 Å². The number of carbonyl (C=O) groups is 1. The Morgan fingerprint density at radius 2 is 2.46 bits per heavy atom. The maximum atomic E-state index is 11.1. The molecule has 4 nitrogen and oxygen atoms in total. The molecule has 0 radical (unpaired) electrons. The molecule has 1 aliphatic rings. The first-order valence-corrected chi connectivity index (χ1v) is 4.00. The lowest BCUT2D eigenvalue weighted by atomic mass is 10.2. The number of rotatable bonds is 1. The number of H-pyrrole nitrogens is 1. The number of nitrogens with one attached hydrogen (secondary N) is 2. The molecule has 0 amide bonds. The van der Waals surface area contributed by atoms with E-state index in [9.17, 15) is 4.79 Å². The Bertz CT molecular complexity index is 433.